The van der Waals surface area contributed by atoms with E-state index >= 15 is 0 Å². The summed E-state index contributed by atoms with van der Waals surface area (Å²) < 4.78 is 10.7. The highest BCUT2D eigenvalue weighted by Crippen LogP contribution is 2.18. The Balaban J connectivity index is 1.46. The third kappa shape index (κ3) is 3.98. The number of carbonyl (C=O) groups excluding carboxylic acids is 1. The van der Waals surface area contributed by atoms with Crippen molar-refractivity contribution >= 4 is 11.6 Å². The van der Waals surface area contributed by atoms with E-state index in [0.29, 0.717) is 5.75 Å². The summed E-state index contributed by atoms with van der Waals surface area (Å²) in [7, 11) is 1.62. The summed E-state index contributed by atoms with van der Waals surface area (Å²) in [4.78, 5) is 16.5. The molecule has 0 aromatic heterocycles. The van der Waals surface area contributed by atoms with Gasteiger partial charge < -0.3 is 19.3 Å². The van der Waals surface area contributed by atoms with E-state index in [2.05, 4.69) is 17.0 Å². The first-order chi connectivity index (χ1) is 11.8. The lowest BCUT2D eigenvalue weighted by molar-refractivity contribution is -0.133. The molecule has 5 nitrogen and oxygen atoms in total. The molecule has 0 saturated carbocycles. The Hall–Kier alpha value is -2.69. The van der Waals surface area contributed by atoms with Gasteiger partial charge in [-0.05, 0) is 36.4 Å². The van der Waals surface area contributed by atoms with E-state index < -0.39 is 0 Å². The molecule has 1 aliphatic heterocycles. The minimum absolute atomic E-state index is 0.0264. The van der Waals surface area contributed by atoms with E-state index in [1.165, 1.54) is 5.69 Å². The van der Waals surface area contributed by atoms with E-state index in [-0.39, 0.29) is 12.5 Å². The Morgan fingerprint density at radius 1 is 0.917 bits per heavy atom. The maximum absolute atomic E-state index is 12.3. The minimum Gasteiger partial charge on any atom is -0.497 e. The highest BCUT2D eigenvalue weighted by Gasteiger charge is 2.21. The molecule has 0 radical (unpaired) electrons. The van der Waals surface area contributed by atoms with Crippen molar-refractivity contribution in [1.29, 1.82) is 0 Å². The van der Waals surface area contributed by atoms with Gasteiger partial charge in [-0.3, -0.25) is 4.79 Å². The first kappa shape index (κ1) is 16.2. The number of piperazine rings is 1. The molecule has 0 bridgehead atoms. The summed E-state index contributed by atoms with van der Waals surface area (Å²) in [6, 6.07) is 17.5. The van der Waals surface area contributed by atoms with Crippen LogP contribution in [0.15, 0.2) is 54.6 Å². The molecule has 1 aliphatic rings. The average Bonchev–Trinajstić information content (AvgIpc) is 2.67. The largest absolute Gasteiger partial charge is 0.497 e. The number of para-hydroxylation sites is 1. The van der Waals surface area contributed by atoms with Crippen LogP contribution in [-0.2, 0) is 4.79 Å². The van der Waals surface area contributed by atoms with E-state index in [4.69, 9.17) is 9.47 Å². The molecule has 24 heavy (non-hydrogen) atoms. The molecule has 3 rings (SSSR count). The molecule has 2 aromatic carbocycles. The van der Waals surface area contributed by atoms with Crippen molar-refractivity contribution in [2.75, 3.05) is 44.8 Å². The number of ether oxygens (including phenoxy) is 2. The van der Waals surface area contributed by atoms with Gasteiger partial charge in [0, 0.05) is 31.9 Å². The lowest BCUT2D eigenvalue weighted by atomic mass is 10.2. The monoisotopic (exact) mass is 326 g/mol. The molecule has 1 saturated heterocycles. The number of hydrogen-bond donors (Lipinski definition) is 0. The Morgan fingerprint density at radius 3 is 2.17 bits per heavy atom. The molecule has 0 N–H and O–H groups in total. The third-order valence-electron chi connectivity index (χ3n) is 4.18. The van der Waals surface area contributed by atoms with E-state index in [0.717, 1.165) is 31.9 Å². The van der Waals surface area contributed by atoms with Gasteiger partial charge >= 0.3 is 0 Å². The van der Waals surface area contributed by atoms with Crippen LogP contribution in [0.2, 0.25) is 0 Å². The molecule has 2 aromatic rings. The Bertz CT molecular complexity index is 650. The van der Waals surface area contributed by atoms with Crippen LogP contribution >= 0.6 is 0 Å². The fourth-order valence-corrected chi connectivity index (χ4v) is 2.76. The first-order valence-electron chi connectivity index (χ1n) is 8.11. The predicted octanol–water partition coefficient (Wildman–Crippen LogP) is 2.42. The average molecular weight is 326 g/mol. The van der Waals surface area contributed by atoms with Crippen molar-refractivity contribution in [2.45, 2.75) is 0 Å². The zero-order valence-electron chi connectivity index (χ0n) is 13.9. The number of carbonyl (C=O) groups is 1. The molecule has 0 aliphatic carbocycles. The molecule has 0 spiro atoms. The second-order valence-corrected chi connectivity index (χ2v) is 5.67. The fraction of sp³-hybridized carbons (Fsp3) is 0.316. The van der Waals surface area contributed by atoms with Crippen molar-refractivity contribution in [3.05, 3.63) is 54.6 Å². The van der Waals surface area contributed by atoms with E-state index in [1.54, 1.807) is 19.2 Å². The predicted molar refractivity (Wildman–Crippen MR) is 93.7 cm³/mol. The van der Waals surface area contributed by atoms with Crippen LogP contribution in [0.3, 0.4) is 0 Å². The minimum atomic E-state index is 0.0264. The molecule has 1 fully saturated rings. The highest BCUT2D eigenvalue weighted by atomic mass is 16.5. The molecule has 1 amide bonds. The zero-order chi connectivity index (χ0) is 16.8. The van der Waals surface area contributed by atoms with Crippen LogP contribution in [-0.4, -0.2) is 50.7 Å². The number of nitrogens with zero attached hydrogens (tertiary/aromatic N) is 2. The van der Waals surface area contributed by atoms with Crippen LogP contribution in [0, 0.1) is 0 Å². The second-order valence-electron chi connectivity index (χ2n) is 5.67. The van der Waals surface area contributed by atoms with Crippen molar-refractivity contribution in [1.82, 2.24) is 4.90 Å². The van der Waals surface area contributed by atoms with Gasteiger partial charge in [0.25, 0.3) is 5.91 Å². The summed E-state index contributed by atoms with van der Waals surface area (Å²) in [6.45, 7) is 3.20. The number of anilines is 1. The number of hydrogen-bond acceptors (Lipinski definition) is 4. The van der Waals surface area contributed by atoms with Crippen molar-refractivity contribution in [3.8, 4) is 11.5 Å². The number of rotatable bonds is 5. The molecule has 1 heterocycles. The Morgan fingerprint density at radius 2 is 1.54 bits per heavy atom. The molecule has 126 valence electrons. The van der Waals surface area contributed by atoms with E-state index in [1.807, 2.05) is 35.2 Å². The summed E-state index contributed by atoms with van der Waals surface area (Å²) in [5.74, 6) is 1.47. The van der Waals surface area contributed by atoms with Gasteiger partial charge in [0.2, 0.25) is 0 Å². The van der Waals surface area contributed by atoms with Gasteiger partial charge in [0.1, 0.15) is 11.5 Å². The van der Waals surface area contributed by atoms with Gasteiger partial charge in [-0.15, -0.1) is 0 Å². The van der Waals surface area contributed by atoms with Gasteiger partial charge in [-0.25, -0.2) is 0 Å². The molecular weight excluding hydrogens is 304 g/mol. The fourth-order valence-electron chi connectivity index (χ4n) is 2.76. The lowest BCUT2D eigenvalue weighted by Crippen LogP contribution is -2.50. The van der Waals surface area contributed by atoms with Crippen LogP contribution in [0.25, 0.3) is 0 Å². The van der Waals surface area contributed by atoms with Crippen LogP contribution in [0.4, 0.5) is 5.69 Å². The number of amides is 1. The number of methoxy groups -OCH3 is 1. The molecular formula is C19H22N2O3. The standard InChI is InChI=1S/C19H22N2O3/c1-23-17-7-9-18(10-8-17)24-15-19(22)21-13-11-20(12-14-21)16-5-3-2-4-6-16/h2-10H,11-15H2,1H3. The smallest absolute Gasteiger partial charge is 0.260 e. The van der Waals surface area contributed by atoms with Crippen molar-refractivity contribution in [3.63, 3.8) is 0 Å². The molecule has 0 atom stereocenters. The van der Waals surface area contributed by atoms with Crippen LogP contribution in [0.5, 0.6) is 11.5 Å². The van der Waals surface area contributed by atoms with E-state index in [9.17, 15) is 4.79 Å². The Kier molecular flexibility index (Phi) is 5.21. The first-order valence-corrected chi connectivity index (χ1v) is 8.11. The maximum atomic E-state index is 12.3. The Labute approximate surface area is 142 Å². The van der Waals surface area contributed by atoms with Gasteiger partial charge in [-0.1, -0.05) is 18.2 Å². The topological polar surface area (TPSA) is 42.0 Å². The van der Waals surface area contributed by atoms with Crippen LogP contribution in [0.1, 0.15) is 0 Å². The second kappa shape index (κ2) is 7.73. The van der Waals surface area contributed by atoms with Gasteiger partial charge in [0.05, 0.1) is 7.11 Å². The molecule has 5 heteroatoms. The third-order valence-corrected chi connectivity index (χ3v) is 4.18. The zero-order valence-corrected chi connectivity index (χ0v) is 13.9. The van der Waals surface area contributed by atoms with Crippen LogP contribution < -0.4 is 14.4 Å². The van der Waals surface area contributed by atoms with Crippen molar-refractivity contribution < 1.29 is 14.3 Å². The highest BCUT2D eigenvalue weighted by molar-refractivity contribution is 5.78. The summed E-state index contributed by atoms with van der Waals surface area (Å²) >= 11 is 0. The van der Waals surface area contributed by atoms with Crippen molar-refractivity contribution in [2.24, 2.45) is 0 Å². The quantitative estimate of drug-likeness (QED) is 0.846. The lowest BCUT2D eigenvalue weighted by Gasteiger charge is -2.36. The number of benzene rings is 2. The maximum Gasteiger partial charge on any atom is 0.260 e. The van der Waals surface area contributed by atoms with Gasteiger partial charge in [0.15, 0.2) is 6.61 Å². The summed E-state index contributed by atoms with van der Waals surface area (Å²) in [5, 5.41) is 0. The summed E-state index contributed by atoms with van der Waals surface area (Å²) in [6.07, 6.45) is 0. The van der Waals surface area contributed by atoms with Gasteiger partial charge in [-0.2, -0.15) is 0 Å². The normalized spacial score (nSPS) is 14.4. The molecule has 0 unspecified atom stereocenters. The summed E-state index contributed by atoms with van der Waals surface area (Å²) in [5.41, 5.74) is 1.21. The SMILES string of the molecule is COc1ccc(OCC(=O)N2CCN(c3ccccc3)CC2)cc1.